The number of rotatable bonds is 0. The second-order valence-electron chi connectivity index (χ2n) is 0. The molecular formula is H10O5Os. The van der Waals surface area contributed by atoms with Crippen molar-refractivity contribution in [3.05, 3.63) is 0 Å². The van der Waals surface area contributed by atoms with Crippen LogP contribution in [0.15, 0.2) is 0 Å². The molecule has 6 heavy (non-hydrogen) atoms. The van der Waals surface area contributed by atoms with Crippen LogP contribution in [0, 0.1) is 0 Å². The molecular weight excluding hydrogens is 270 g/mol. The van der Waals surface area contributed by atoms with Crippen LogP contribution < -0.4 is 0 Å². The molecule has 0 unspecified atom stereocenters. The molecule has 0 aliphatic rings. The average molecular weight is 280 g/mol. The molecule has 5 nitrogen and oxygen atoms in total. The molecule has 0 aromatic carbocycles. The Kier molecular flexibility index (Phi) is 93600. The van der Waals surface area contributed by atoms with Gasteiger partial charge in [-0.2, -0.15) is 0 Å². The van der Waals surface area contributed by atoms with Crippen molar-refractivity contribution < 1.29 is 47.2 Å². The summed E-state index contributed by atoms with van der Waals surface area (Å²) < 4.78 is 0. The summed E-state index contributed by atoms with van der Waals surface area (Å²) >= 11 is 0. The van der Waals surface area contributed by atoms with Gasteiger partial charge in [0.05, 0.1) is 0 Å². The van der Waals surface area contributed by atoms with E-state index in [1.807, 2.05) is 0 Å². The first-order chi connectivity index (χ1) is 0. The molecule has 0 bridgehead atoms. The first kappa shape index (κ1) is 999. The Morgan fingerprint density at radius 3 is 0.333 bits per heavy atom. The largest absolute Gasteiger partial charge is 0.412 e. The average Bonchev–Trinajstić information content (AvgIpc) is 0. The molecule has 0 aromatic rings. The van der Waals surface area contributed by atoms with Crippen LogP contribution in [0.2, 0.25) is 0 Å². The Balaban J connectivity index is 0. The SMILES string of the molecule is O.O.O.O.O.[Os]. The zero-order valence-electron chi connectivity index (χ0n) is 2.85. The third kappa shape index (κ3) is 275. The summed E-state index contributed by atoms with van der Waals surface area (Å²) in [7, 11) is 0. The molecule has 0 saturated carbocycles. The van der Waals surface area contributed by atoms with Crippen LogP contribution in [-0.2, 0) is 19.8 Å². The monoisotopic (exact) mass is 282 g/mol. The van der Waals surface area contributed by atoms with Crippen molar-refractivity contribution in [1.82, 2.24) is 0 Å². The summed E-state index contributed by atoms with van der Waals surface area (Å²) in [6, 6.07) is 0. The smallest absolute Gasteiger partial charge is 0 e. The van der Waals surface area contributed by atoms with Gasteiger partial charge in [0.15, 0.2) is 0 Å². The van der Waals surface area contributed by atoms with Crippen LogP contribution in [0.4, 0.5) is 0 Å². The van der Waals surface area contributed by atoms with Gasteiger partial charge in [-0.05, 0) is 0 Å². The molecule has 0 rings (SSSR count). The van der Waals surface area contributed by atoms with Crippen LogP contribution in [0.25, 0.3) is 0 Å². The van der Waals surface area contributed by atoms with Gasteiger partial charge in [-0.3, -0.25) is 0 Å². The van der Waals surface area contributed by atoms with Crippen LogP contribution >= 0.6 is 0 Å². The maximum absolute atomic E-state index is 0. The number of hydrogen-bond donors (Lipinski definition) is 0. The molecule has 0 aliphatic heterocycles. The Bertz CT molecular complexity index is 3.90. The minimum Gasteiger partial charge on any atom is -0.412 e. The maximum Gasteiger partial charge on any atom is 0 e. The van der Waals surface area contributed by atoms with Crippen molar-refractivity contribution >= 4 is 0 Å². The second kappa shape index (κ2) is 562. The van der Waals surface area contributed by atoms with Crippen molar-refractivity contribution in [3.8, 4) is 0 Å². The molecule has 0 radical (unpaired) electrons. The van der Waals surface area contributed by atoms with Gasteiger partial charge in [0.2, 0.25) is 0 Å². The van der Waals surface area contributed by atoms with E-state index in [-0.39, 0.29) is 47.2 Å². The normalized spacial score (nSPS) is 0. The van der Waals surface area contributed by atoms with Crippen molar-refractivity contribution in [2.45, 2.75) is 0 Å². The van der Waals surface area contributed by atoms with Crippen LogP contribution in [0.3, 0.4) is 0 Å². The zero-order valence-corrected chi connectivity index (χ0v) is 5.39. The molecule has 0 aliphatic carbocycles. The first-order valence-corrected chi connectivity index (χ1v) is 0. The molecule has 0 aromatic heterocycles. The Hall–Kier alpha value is 0.436. The van der Waals surface area contributed by atoms with Gasteiger partial charge < -0.3 is 27.4 Å². The summed E-state index contributed by atoms with van der Waals surface area (Å²) in [5, 5.41) is 0. The van der Waals surface area contributed by atoms with Crippen LogP contribution in [0.1, 0.15) is 0 Å². The van der Waals surface area contributed by atoms with Gasteiger partial charge in [0.25, 0.3) is 0 Å². The van der Waals surface area contributed by atoms with E-state index in [9.17, 15) is 0 Å². The molecule has 48 valence electrons. The molecule has 0 heterocycles. The Morgan fingerprint density at radius 2 is 0.333 bits per heavy atom. The summed E-state index contributed by atoms with van der Waals surface area (Å²) in [6.07, 6.45) is 0. The van der Waals surface area contributed by atoms with Crippen molar-refractivity contribution in [3.63, 3.8) is 0 Å². The van der Waals surface area contributed by atoms with Crippen LogP contribution in [-0.4, -0.2) is 27.4 Å². The van der Waals surface area contributed by atoms with E-state index < -0.39 is 0 Å². The predicted molar refractivity (Wildman–Crippen MR) is 18.1 cm³/mol. The topological polar surface area (TPSA) is 158 Å². The Morgan fingerprint density at radius 1 is 0.333 bits per heavy atom. The number of hydrogen-bond acceptors (Lipinski definition) is 0. The molecule has 10 N–H and O–H groups in total. The summed E-state index contributed by atoms with van der Waals surface area (Å²) in [4.78, 5) is 0. The third-order valence-corrected chi connectivity index (χ3v) is 0. The van der Waals surface area contributed by atoms with Crippen molar-refractivity contribution in [1.29, 1.82) is 0 Å². The predicted octanol–water partition coefficient (Wildman–Crippen LogP) is -4.13. The molecule has 0 amide bonds. The summed E-state index contributed by atoms with van der Waals surface area (Å²) in [5.74, 6) is 0. The third-order valence-electron chi connectivity index (χ3n) is 0. The van der Waals surface area contributed by atoms with Gasteiger partial charge in [0.1, 0.15) is 0 Å². The second-order valence-corrected chi connectivity index (χ2v) is 0. The molecule has 0 atom stereocenters. The fourth-order valence-corrected chi connectivity index (χ4v) is 0. The van der Waals surface area contributed by atoms with Gasteiger partial charge in [-0.1, -0.05) is 0 Å². The van der Waals surface area contributed by atoms with Gasteiger partial charge in [-0.25, -0.2) is 0 Å². The molecule has 0 fully saturated rings. The van der Waals surface area contributed by atoms with E-state index in [0.717, 1.165) is 0 Å². The van der Waals surface area contributed by atoms with Gasteiger partial charge in [0, 0.05) is 19.8 Å². The minimum absolute atomic E-state index is 0. The fraction of sp³-hybridized carbons (Fsp3) is 0. The van der Waals surface area contributed by atoms with E-state index in [4.69, 9.17) is 0 Å². The van der Waals surface area contributed by atoms with E-state index in [0.29, 0.717) is 0 Å². The van der Waals surface area contributed by atoms with E-state index in [1.54, 1.807) is 0 Å². The quantitative estimate of drug-likeness (QED) is 0.422. The van der Waals surface area contributed by atoms with Gasteiger partial charge >= 0.3 is 0 Å². The molecule has 6 heteroatoms. The first-order valence-electron chi connectivity index (χ1n) is 0. The minimum atomic E-state index is 0. The standard InChI is InChI=1S/5H2O.Os/h5*1H2;. The molecule has 0 spiro atoms. The Labute approximate surface area is 48.0 Å². The van der Waals surface area contributed by atoms with Gasteiger partial charge in [-0.15, -0.1) is 0 Å². The van der Waals surface area contributed by atoms with E-state index in [1.165, 1.54) is 0 Å². The maximum atomic E-state index is 0. The summed E-state index contributed by atoms with van der Waals surface area (Å²) in [6.45, 7) is 0. The zero-order chi connectivity index (χ0) is 0. The molecule has 0 saturated heterocycles. The fourth-order valence-electron chi connectivity index (χ4n) is 0. The van der Waals surface area contributed by atoms with Crippen molar-refractivity contribution in [2.24, 2.45) is 0 Å². The van der Waals surface area contributed by atoms with E-state index >= 15 is 0 Å². The van der Waals surface area contributed by atoms with Crippen molar-refractivity contribution in [2.75, 3.05) is 0 Å². The van der Waals surface area contributed by atoms with Crippen LogP contribution in [0.5, 0.6) is 0 Å². The summed E-state index contributed by atoms with van der Waals surface area (Å²) in [5.41, 5.74) is 0. The van der Waals surface area contributed by atoms with E-state index in [2.05, 4.69) is 0 Å².